The Morgan fingerprint density at radius 1 is 1.22 bits per heavy atom. The van der Waals surface area contributed by atoms with E-state index in [0.29, 0.717) is 12.8 Å². The van der Waals surface area contributed by atoms with Crippen LogP contribution >= 0.6 is 0 Å². The van der Waals surface area contributed by atoms with E-state index in [1.807, 2.05) is 26.8 Å². The standard InChI is InChI=1S/C26H34O6/c1-4-5-6-22(30)32-15-21(29)26(31)12-10-19-18-8-7-16-13-17(27)9-11-24(16,2)23(18)20(28)14-25(19,26)3/h9,11,13,18-19,23,31H,4-8,10,12,14-15H2,1-3H3/t18-,19-,23+,24-,25-,26-/m0/s1. The molecule has 6 nitrogen and oxygen atoms in total. The van der Waals surface area contributed by atoms with Gasteiger partial charge in [0.25, 0.3) is 0 Å². The van der Waals surface area contributed by atoms with Gasteiger partial charge >= 0.3 is 5.97 Å². The van der Waals surface area contributed by atoms with Crippen molar-refractivity contribution in [3.63, 3.8) is 0 Å². The van der Waals surface area contributed by atoms with E-state index < -0.39 is 34.8 Å². The molecule has 0 saturated heterocycles. The molecule has 0 bridgehead atoms. The average Bonchev–Trinajstić information content (AvgIpc) is 3.02. The lowest BCUT2D eigenvalue weighted by Gasteiger charge is -2.56. The summed E-state index contributed by atoms with van der Waals surface area (Å²) in [6, 6.07) is 0. The topological polar surface area (TPSA) is 97.7 Å². The Labute approximate surface area is 189 Å². The van der Waals surface area contributed by atoms with Gasteiger partial charge in [-0.25, -0.2) is 0 Å². The molecule has 3 fully saturated rings. The average molecular weight is 443 g/mol. The molecular formula is C26H34O6. The highest BCUT2D eigenvalue weighted by Gasteiger charge is 2.68. The molecule has 0 spiro atoms. The first kappa shape index (κ1) is 23.1. The number of hydrogen-bond donors (Lipinski definition) is 1. The second kappa shape index (κ2) is 8.05. The number of esters is 1. The number of ketones is 3. The summed E-state index contributed by atoms with van der Waals surface area (Å²) in [5.41, 5.74) is -2.00. The minimum absolute atomic E-state index is 0.0272. The fourth-order valence-corrected chi connectivity index (χ4v) is 7.15. The quantitative estimate of drug-likeness (QED) is 0.632. The number of unbranched alkanes of at least 4 members (excludes halogenated alkanes) is 1. The highest BCUT2D eigenvalue weighted by molar-refractivity contribution is 6.02. The number of fused-ring (bicyclic) bond motifs is 5. The first-order valence-corrected chi connectivity index (χ1v) is 11.9. The summed E-state index contributed by atoms with van der Waals surface area (Å²) in [4.78, 5) is 50.4. The molecular weight excluding hydrogens is 408 g/mol. The summed E-state index contributed by atoms with van der Waals surface area (Å²) >= 11 is 0. The maximum absolute atomic E-state index is 13.6. The second-order valence-electron chi connectivity index (χ2n) is 10.6. The molecule has 0 unspecified atom stereocenters. The number of carbonyl (C=O) groups excluding carboxylic acids is 4. The van der Waals surface area contributed by atoms with E-state index in [2.05, 4.69) is 0 Å². The number of allylic oxidation sites excluding steroid dienone is 4. The third kappa shape index (κ3) is 3.33. The van der Waals surface area contributed by atoms with Gasteiger partial charge in [0.15, 0.2) is 12.4 Å². The first-order valence-electron chi connectivity index (χ1n) is 11.9. The smallest absolute Gasteiger partial charge is 0.306 e. The van der Waals surface area contributed by atoms with Crippen molar-refractivity contribution in [3.05, 3.63) is 23.8 Å². The van der Waals surface area contributed by atoms with Crippen molar-refractivity contribution in [3.8, 4) is 0 Å². The lowest BCUT2D eigenvalue weighted by Crippen LogP contribution is -2.60. The van der Waals surface area contributed by atoms with Gasteiger partial charge in [-0.1, -0.05) is 38.8 Å². The Bertz CT molecular complexity index is 915. The number of aliphatic hydroxyl groups is 1. The van der Waals surface area contributed by atoms with Crippen LogP contribution in [0, 0.1) is 28.6 Å². The maximum Gasteiger partial charge on any atom is 0.306 e. The molecule has 1 N–H and O–H groups in total. The minimum atomic E-state index is -1.67. The second-order valence-corrected chi connectivity index (χ2v) is 10.6. The third-order valence-electron chi connectivity index (χ3n) is 8.97. The van der Waals surface area contributed by atoms with Crippen molar-refractivity contribution in [1.29, 1.82) is 0 Å². The molecule has 0 amide bonds. The van der Waals surface area contributed by atoms with E-state index >= 15 is 0 Å². The maximum atomic E-state index is 13.6. The van der Waals surface area contributed by atoms with Gasteiger partial charge in [0.05, 0.1) is 0 Å². The molecule has 0 aliphatic heterocycles. The Morgan fingerprint density at radius 2 is 1.97 bits per heavy atom. The zero-order valence-electron chi connectivity index (χ0n) is 19.3. The molecule has 0 radical (unpaired) electrons. The summed E-state index contributed by atoms with van der Waals surface area (Å²) in [7, 11) is 0. The largest absolute Gasteiger partial charge is 0.458 e. The molecule has 0 aromatic carbocycles. The van der Waals surface area contributed by atoms with Crippen LogP contribution < -0.4 is 0 Å². The number of Topliss-reactive ketones (excluding diaryl/α,β-unsaturated/α-hetero) is 2. The molecule has 0 heterocycles. The molecule has 4 aliphatic rings. The van der Waals surface area contributed by atoms with Crippen LogP contribution in [-0.2, 0) is 23.9 Å². The van der Waals surface area contributed by atoms with Crippen LogP contribution in [0.2, 0.25) is 0 Å². The Kier molecular flexibility index (Phi) is 5.81. The Morgan fingerprint density at radius 3 is 2.69 bits per heavy atom. The van der Waals surface area contributed by atoms with Gasteiger partial charge in [-0.05, 0) is 56.1 Å². The molecule has 6 heteroatoms. The lowest BCUT2D eigenvalue weighted by molar-refractivity contribution is -0.172. The van der Waals surface area contributed by atoms with Gasteiger partial charge in [-0.2, -0.15) is 0 Å². The molecule has 3 saturated carbocycles. The summed E-state index contributed by atoms with van der Waals surface area (Å²) in [5.74, 6) is -1.07. The fourth-order valence-electron chi connectivity index (χ4n) is 7.15. The van der Waals surface area contributed by atoms with Gasteiger partial charge in [0.2, 0.25) is 5.78 Å². The highest BCUT2D eigenvalue weighted by Crippen LogP contribution is 2.66. The summed E-state index contributed by atoms with van der Waals surface area (Å²) in [6.07, 6.45) is 9.53. The molecule has 0 aromatic heterocycles. The van der Waals surface area contributed by atoms with E-state index in [1.165, 1.54) is 0 Å². The van der Waals surface area contributed by atoms with Crippen molar-refractivity contribution in [1.82, 2.24) is 0 Å². The zero-order chi connectivity index (χ0) is 23.3. The van der Waals surface area contributed by atoms with Crippen molar-refractivity contribution < 1.29 is 29.0 Å². The summed E-state index contributed by atoms with van der Waals surface area (Å²) in [5, 5.41) is 11.6. The van der Waals surface area contributed by atoms with Crippen molar-refractivity contribution >= 4 is 23.3 Å². The van der Waals surface area contributed by atoms with Gasteiger partial charge in [0.1, 0.15) is 11.4 Å². The van der Waals surface area contributed by atoms with E-state index in [-0.39, 0.29) is 48.6 Å². The minimum Gasteiger partial charge on any atom is -0.458 e. The van der Waals surface area contributed by atoms with Crippen LogP contribution in [0.25, 0.3) is 0 Å². The number of hydrogen-bond acceptors (Lipinski definition) is 6. The zero-order valence-corrected chi connectivity index (χ0v) is 19.3. The van der Waals surface area contributed by atoms with Gasteiger partial charge in [-0.15, -0.1) is 0 Å². The third-order valence-corrected chi connectivity index (χ3v) is 8.97. The fraction of sp³-hybridized carbons (Fsp3) is 0.692. The van der Waals surface area contributed by atoms with Crippen LogP contribution in [0.1, 0.15) is 72.1 Å². The molecule has 6 atom stereocenters. The molecule has 32 heavy (non-hydrogen) atoms. The van der Waals surface area contributed by atoms with Gasteiger partial charge in [-0.3, -0.25) is 19.2 Å². The summed E-state index contributed by atoms with van der Waals surface area (Å²) in [6.45, 7) is 5.43. The van der Waals surface area contributed by atoms with Crippen LogP contribution in [0.5, 0.6) is 0 Å². The van der Waals surface area contributed by atoms with Gasteiger partial charge in [0, 0.05) is 29.6 Å². The van der Waals surface area contributed by atoms with Crippen molar-refractivity contribution in [2.24, 2.45) is 28.6 Å². The lowest BCUT2D eigenvalue weighted by atomic mass is 9.46. The SMILES string of the molecule is CCCCC(=O)OCC(=O)[C@@]1(O)CC[C@H]2[C@@H]3CCC4=CC(=O)C=C[C@]4(C)[C@H]3C(=O)C[C@@]21C. The summed E-state index contributed by atoms with van der Waals surface area (Å²) < 4.78 is 5.16. The van der Waals surface area contributed by atoms with Crippen LogP contribution in [0.4, 0.5) is 0 Å². The van der Waals surface area contributed by atoms with Crippen molar-refractivity contribution in [2.45, 2.75) is 77.7 Å². The molecule has 4 aliphatic carbocycles. The number of rotatable bonds is 6. The predicted octanol–water partition coefficient (Wildman–Crippen LogP) is 3.51. The molecule has 0 aromatic rings. The molecule has 174 valence electrons. The van der Waals surface area contributed by atoms with E-state index in [4.69, 9.17) is 4.74 Å². The monoisotopic (exact) mass is 442 g/mol. The molecule has 4 rings (SSSR count). The highest BCUT2D eigenvalue weighted by atomic mass is 16.5. The Hall–Kier alpha value is -2.08. The number of carbonyl (C=O) groups is 4. The van der Waals surface area contributed by atoms with E-state index in [9.17, 15) is 24.3 Å². The van der Waals surface area contributed by atoms with Crippen LogP contribution in [0.15, 0.2) is 23.8 Å². The van der Waals surface area contributed by atoms with Crippen molar-refractivity contribution in [2.75, 3.05) is 6.61 Å². The Balaban J connectivity index is 1.56. The van der Waals surface area contributed by atoms with E-state index in [0.717, 1.165) is 24.8 Å². The van der Waals surface area contributed by atoms with Gasteiger partial charge < -0.3 is 9.84 Å². The number of ether oxygens (including phenoxy) is 1. The van der Waals surface area contributed by atoms with Crippen LogP contribution in [-0.4, -0.2) is 40.6 Å². The predicted molar refractivity (Wildman–Crippen MR) is 117 cm³/mol. The normalized spacial score (nSPS) is 40.2. The van der Waals surface area contributed by atoms with E-state index in [1.54, 1.807) is 12.2 Å². The van der Waals surface area contributed by atoms with Crippen LogP contribution in [0.3, 0.4) is 0 Å². The first-order chi connectivity index (χ1) is 15.1.